The van der Waals surface area contributed by atoms with Gasteiger partial charge in [-0.2, -0.15) is 0 Å². The standard InChI is InChI=1S/C14H13NO3/c16-12-3-2-10-7-9(1-4-13(17)18)8-11-5-6-15(12)14(10)11/h1,4,7-8H,2-3,5-6H2,(H,17,18)/b4-1+. The van der Waals surface area contributed by atoms with Crippen LogP contribution in [0.4, 0.5) is 5.69 Å². The largest absolute Gasteiger partial charge is 0.478 e. The van der Waals surface area contributed by atoms with E-state index in [-0.39, 0.29) is 5.91 Å². The number of carbonyl (C=O) groups is 2. The van der Waals surface area contributed by atoms with Crippen molar-refractivity contribution in [2.24, 2.45) is 0 Å². The summed E-state index contributed by atoms with van der Waals surface area (Å²) in [7, 11) is 0. The van der Waals surface area contributed by atoms with Crippen LogP contribution >= 0.6 is 0 Å². The molecule has 4 nitrogen and oxygen atoms in total. The van der Waals surface area contributed by atoms with Gasteiger partial charge >= 0.3 is 5.97 Å². The summed E-state index contributed by atoms with van der Waals surface area (Å²) in [5.74, 6) is -0.740. The second-order valence-electron chi connectivity index (χ2n) is 4.65. The highest BCUT2D eigenvalue weighted by molar-refractivity contribution is 5.99. The minimum Gasteiger partial charge on any atom is -0.478 e. The van der Waals surface area contributed by atoms with Crippen molar-refractivity contribution in [3.05, 3.63) is 34.9 Å². The van der Waals surface area contributed by atoms with Crippen molar-refractivity contribution in [2.45, 2.75) is 19.3 Å². The van der Waals surface area contributed by atoms with Gasteiger partial charge in [-0.05, 0) is 47.7 Å². The summed E-state index contributed by atoms with van der Waals surface area (Å²) >= 11 is 0. The molecule has 0 fully saturated rings. The van der Waals surface area contributed by atoms with Gasteiger partial charge in [-0.25, -0.2) is 4.79 Å². The minimum absolute atomic E-state index is 0.204. The average Bonchev–Trinajstić information content (AvgIpc) is 2.76. The fourth-order valence-corrected chi connectivity index (χ4v) is 2.75. The quantitative estimate of drug-likeness (QED) is 0.803. The Balaban J connectivity index is 2.04. The van der Waals surface area contributed by atoms with Gasteiger partial charge < -0.3 is 10.0 Å². The molecule has 0 atom stereocenters. The van der Waals surface area contributed by atoms with Gasteiger partial charge in [-0.15, -0.1) is 0 Å². The van der Waals surface area contributed by atoms with E-state index in [4.69, 9.17) is 5.11 Å². The topological polar surface area (TPSA) is 57.6 Å². The van der Waals surface area contributed by atoms with Gasteiger partial charge in [-0.1, -0.05) is 0 Å². The Labute approximate surface area is 105 Å². The highest BCUT2D eigenvalue weighted by Gasteiger charge is 2.30. The van der Waals surface area contributed by atoms with E-state index in [9.17, 15) is 9.59 Å². The van der Waals surface area contributed by atoms with Crippen LogP contribution in [0.3, 0.4) is 0 Å². The van der Waals surface area contributed by atoms with Gasteiger partial charge in [-0.3, -0.25) is 4.79 Å². The number of amides is 1. The number of hydrogen-bond acceptors (Lipinski definition) is 2. The number of carbonyl (C=O) groups excluding carboxylic acids is 1. The third kappa shape index (κ3) is 1.70. The predicted molar refractivity (Wildman–Crippen MR) is 67.5 cm³/mol. The number of hydrogen-bond donors (Lipinski definition) is 1. The normalized spacial score (nSPS) is 17.3. The fourth-order valence-electron chi connectivity index (χ4n) is 2.75. The van der Waals surface area contributed by atoms with Crippen LogP contribution in [0, 0.1) is 0 Å². The molecule has 3 rings (SSSR count). The van der Waals surface area contributed by atoms with Crippen LogP contribution in [0.25, 0.3) is 6.08 Å². The predicted octanol–water partition coefficient (Wildman–Crippen LogP) is 1.62. The lowest BCUT2D eigenvalue weighted by molar-refractivity contribution is -0.131. The molecule has 1 aromatic rings. The number of anilines is 1. The molecule has 1 N–H and O–H groups in total. The van der Waals surface area contributed by atoms with E-state index in [2.05, 4.69) is 0 Å². The number of aryl methyl sites for hydroxylation is 1. The molecule has 1 amide bonds. The Morgan fingerprint density at radius 2 is 1.94 bits per heavy atom. The summed E-state index contributed by atoms with van der Waals surface area (Å²) in [4.78, 5) is 24.1. The molecule has 0 saturated heterocycles. The number of carboxylic acid groups (broad SMARTS) is 1. The van der Waals surface area contributed by atoms with E-state index >= 15 is 0 Å². The summed E-state index contributed by atoms with van der Waals surface area (Å²) in [6.45, 7) is 0.757. The lowest BCUT2D eigenvalue weighted by Crippen LogP contribution is -2.32. The van der Waals surface area contributed by atoms with E-state index in [1.54, 1.807) is 6.08 Å². The fraction of sp³-hybridized carbons (Fsp3) is 0.286. The highest BCUT2D eigenvalue weighted by atomic mass is 16.4. The van der Waals surface area contributed by atoms with Crippen LogP contribution in [-0.2, 0) is 22.4 Å². The van der Waals surface area contributed by atoms with Gasteiger partial charge in [0.25, 0.3) is 0 Å². The first-order chi connectivity index (χ1) is 8.65. The summed E-state index contributed by atoms with van der Waals surface area (Å²) in [6.07, 6.45) is 4.93. The number of carboxylic acids is 1. The second-order valence-corrected chi connectivity index (χ2v) is 4.65. The van der Waals surface area contributed by atoms with Crippen LogP contribution < -0.4 is 4.90 Å². The molecular weight excluding hydrogens is 230 g/mol. The molecule has 2 heterocycles. The summed E-state index contributed by atoms with van der Waals surface area (Å²) in [5.41, 5.74) is 4.29. The van der Waals surface area contributed by atoms with Crippen LogP contribution in [0.1, 0.15) is 23.1 Å². The third-order valence-electron chi connectivity index (χ3n) is 3.49. The molecule has 0 aromatic heterocycles. The van der Waals surface area contributed by atoms with Gasteiger partial charge in [0, 0.05) is 19.0 Å². The Kier molecular flexibility index (Phi) is 2.44. The molecule has 2 aliphatic rings. The van der Waals surface area contributed by atoms with E-state index in [1.165, 1.54) is 0 Å². The molecule has 0 spiro atoms. The van der Waals surface area contributed by atoms with E-state index in [0.717, 1.165) is 47.8 Å². The van der Waals surface area contributed by atoms with Crippen molar-refractivity contribution in [3.63, 3.8) is 0 Å². The number of benzene rings is 1. The second kappa shape index (κ2) is 3.98. The zero-order valence-corrected chi connectivity index (χ0v) is 9.85. The molecule has 0 bridgehead atoms. The molecule has 0 radical (unpaired) electrons. The Bertz CT molecular complexity index is 575. The minimum atomic E-state index is -0.944. The van der Waals surface area contributed by atoms with Crippen LogP contribution in [0.15, 0.2) is 18.2 Å². The number of aliphatic carboxylic acids is 1. The molecule has 0 saturated carbocycles. The zero-order valence-electron chi connectivity index (χ0n) is 9.85. The average molecular weight is 243 g/mol. The molecule has 92 valence electrons. The first kappa shape index (κ1) is 11.0. The van der Waals surface area contributed by atoms with Crippen molar-refractivity contribution < 1.29 is 14.7 Å². The van der Waals surface area contributed by atoms with Gasteiger partial charge in [0.05, 0.1) is 5.69 Å². The van der Waals surface area contributed by atoms with Gasteiger partial charge in [0.15, 0.2) is 0 Å². The monoisotopic (exact) mass is 243 g/mol. The highest BCUT2D eigenvalue weighted by Crippen LogP contribution is 2.37. The van der Waals surface area contributed by atoms with Crippen LogP contribution in [-0.4, -0.2) is 23.5 Å². The van der Waals surface area contributed by atoms with E-state index in [0.29, 0.717) is 6.42 Å². The van der Waals surface area contributed by atoms with Crippen LogP contribution in [0.5, 0.6) is 0 Å². The molecular formula is C14H13NO3. The van der Waals surface area contributed by atoms with Gasteiger partial charge in [0.1, 0.15) is 0 Å². The smallest absolute Gasteiger partial charge is 0.328 e. The summed E-state index contributed by atoms with van der Waals surface area (Å²) in [5, 5.41) is 8.64. The number of rotatable bonds is 2. The van der Waals surface area contributed by atoms with E-state index in [1.807, 2.05) is 17.0 Å². The maximum absolute atomic E-state index is 11.8. The summed E-state index contributed by atoms with van der Waals surface area (Å²) < 4.78 is 0. The van der Waals surface area contributed by atoms with Gasteiger partial charge in [0.2, 0.25) is 5.91 Å². The molecule has 1 aromatic carbocycles. The van der Waals surface area contributed by atoms with Crippen molar-refractivity contribution >= 4 is 23.6 Å². The first-order valence-electron chi connectivity index (χ1n) is 6.02. The van der Waals surface area contributed by atoms with Crippen molar-refractivity contribution in [1.29, 1.82) is 0 Å². The molecule has 18 heavy (non-hydrogen) atoms. The lowest BCUT2D eigenvalue weighted by Gasteiger charge is -2.25. The van der Waals surface area contributed by atoms with Crippen molar-refractivity contribution in [2.75, 3.05) is 11.4 Å². The zero-order chi connectivity index (χ0) is 12.7. The Morgan fingerprint density at radius 3 is 2.67 bits per heavy atom. The SMILES string of the molecule is O=C(O)/C=C/c1cc2c3c(c1)CCN3C(=O)CC2. The first-order valence-corrected chi connectivity index (χ1v) is 6.02. The van der Waals surface area contributed by atoms with Crippen molar-refractivity contribution in [1.82, 2.24) is 0 Å². The molecule has 4 heteroatoms. The summed E-state index contributed by atoms with van der Waals surface area (Å²) in [6, 6.07) is 3.97. The van der Waals surface area contributed by atoms with Crippen molar-refractivity contribution in [3.8, 4) is 0 Å². The molecule has 0 aliphatic carbocycles. The van der Waals surface area contributed by atoms with E-state index < -0.39 is 5.97 Å². The maximum atomic E-state index is 11.8. The van der Waals surface area contributed by atoms with Crippen LogP contribution in [0.2, 0.25) is 0 Å². The molecule has 2 aliphatic heterocycles. The Morgan fingerprint density at radius 1 is 1.22 bits per heavy atom. The maximum Gasteiger partial charge on any atom is 0.328 e. The Hall–Kier alpha value is -2.10. The molecule has 0 unspecified atom stereocenters. The lowest BCUT2D eigenvalue weighted by atomic mass is 9.96. The third-order valence-corrected chi connectivity index (χ3v) is 3.49. The number of nitrogens with zero attached hydrogens (tertiary/aromatic N) is 1.